The van der Waals surface area contributed by atoms with Crippen LogP contribution in [-0.2, 0) is 14.3 Å². The van der Waals surface area contributed by atoms with Crippen LogP contribution in [0.15, 0.2) is 23.3 Å². The Morgan fingerprint density at radius 2 is 2.04 bits per heavy atom. The first-order chi connectivity index (χ1) is 13.3. The van der Waals surface area contributed by atoms with E-state index in [1.54, 1.807) is 0 Å². The van der Waals surface area contributed by atoms with Crippen LogP contribution in [0.2, 0.25) is 0 Å². The molecule has 0 saturated heterocycles. The summed E-state index contributed by atoms with van der Waals surface area (Å²) in [6.45, 7) is 7.01. The van der Waals surface area contributed by atoms with Gasteiger partial charge >= 0.3 is 0 Å². The van der Waals surface area contributed by atoms with Gasteiger partial charge in [0.15, 0.2) is 11.6 Å². The maximum atomic E-state index is 12.9. The van der Waals surface area contributed by atoms with Crippen LogP contribution in [0.5, 0.6) is 0 Å². The van der Waals surface area contributed by atoms with Gasteiger partial charge in [-0.05, 0) is 62.9 Å². The second-order valence-corrected chi connectivity index (χ2v) is 9.88. The number of aliphatic hydroxyl groups is 1. The maximum absolute atomic E-state index is 12.9. The molecule has 2 fully saturated rings. The van der Waals surface area contributed by atoms with Crippen LogP contribution in [-0.4, -0.2) is 35.5 Å². The Labute approximate surface area is 168 Å². The lowest BCUT2D eigenvalue weighted by Gasteiger charge is -2.54. The first kappa shape index (κ1) is 20.0. The summed E-state index contributed by atoms with van der Waals surface area (Å²) < 4.78 is 5.49. The van der Waals surface area contributed by atoms with Crippen LogP contribution in [0.25, 0.3) is 0 Å². The van der Waals surface area contributed by atoms with Gasteiger partial charge < -0.3 is 9.84 Å². The molecule has 0 heterocycles. The summed E-state index contributed by atoms with van der Waals surface area (Å²) in [6, 6.07) is 0. The van der Waals surface area contributed by atoms with E-state index in [0.717, 1.165) is 38.5 Å². The van der Waals surface area contributed by atoms with Gasteiger partial charge in [0.25, 0.3) is 0 Å². The van der Waals surface area contributed by atoms with Crippen molar-refractivity contribution >= 4 is 11.6 Å². The van der Waals surface area contributed by atoms with Gasteiger partial charge in [-0.2, -0.15) is 0 Å². The average Bonchev–Trinajstić information content (AvgIpc) is 2.95. The molecule has 0 radical (unpaired) electrons. The summed E-state index contributed by atoms with van der Waals surface area (Å²) in [7, 11) is 0. The van der Waals surface area contributed by atoms with E-state index in [2.05, 4.69) is 19.9 Å². The predicted octanol–water partition coefficient (Wildman–Crippen LogP) is 4.17. The van der Waals surface area contributed by atoms with Gasteiger partial charge in [-0.15, -0.1) is 0 Å². The Hall–Kier alpha value is -1.26. The van der Waals surface area contributed by atoms with Crippen molar-refractivity contribution in [2.75, 3.05) is 13.2 Å². The van der Waals surface area contributed by atoms with Crippen LogP contribution < -0.4 is 0 Å². The Kier molecular flexibility index (Phi) is 4.95. The van der Waals surface area contributed by atoms with Crippen molar-refractivity contribution in [2.24, 2.45) is 22.7 Å². The van der Waals surface area contributed by atoms with Crippen molar-refractivity contribution in [1.29, 1.82) is 0 Å². The highest BCUT2D eigenvalue weighted by Crippen LogP contribution is 2.65. The quantitative estimate of drug-likeness (QED) is 0.569. The topological polar surface area (TPSA) is 63.6 Å². The van der Waals surface area contributed by atoms with Gasteiger partial charge in [0.1, 0.15) is 12.2 Å². The highest BCUT2D eigenvalue weighted by molar-refractivity contribution is 5.92. The SMILES string of the molecule is CCCOCC(=O)[C@@]1(O)CC[C@H]2[C@@H]3CCC4=CC(=O)CC[C@]4(C)C3=CC[C@@]21C. The van der Waals surface area contributed by atoms with E-state index >= 15 is 0 Å². The van der Waals surface area contributed by atoms with E-state index in [1.807, 2.05) is 13.0 Å². The third-order valence-electron chi connectivity index (χ3n) is 8.53. The Bertz CT molecular complexity index is 750. The molecule has 0 bridgehead atoms. The Balaban J connectivity index is 1.64. The van der Waals surface area contributed by atoms with Crippen LogP contribution in [0.1, 0.15) is 72.1 Å². The fraction of sp³-hybridized carbons (Fsp3) is 0.750. The van der Waals surface area contributed by atoms with Gasteiger partial charge in [-0.1, -0.05) is 38.0 Å². The van der Waals surface area contributed by atoms with Gasteiger partial charge in [-0.25, -0.2) is 0 Å². The van der Waals surface area contributed by atoms with E-state index in [4.69, 9.17) is 4.74 Å². The average molecular weight is 387 g/mol. The standard InChI is InChI=1S/C24H34O4/c1-4-13-28-15-21(26)24(27)12-9-20-18-6-5-16-14-17(25)7-10-22(16,2)19(18)8-11-23(20,24)3/h8,14,18,20,27H,4-7,9-13,15H2,1-3H3/t18-,20+,22+,23+,24+/m1/s1. The minimum atomic E-state index is -1.28. The van der Waals surface area contributed by atoms with Crippen LogP contribution in [0.3, 0.4) is 0 Å². The minimum Gasteiger partial charge on any atom is -0.381 e. The molecule has 4 rings (SSSR count). The van der Waals surface area contributed by atoms with Crippen molar-refractivity contribution in [2.45, 2.75) is 77.7 Å². The van der Waals surface area contributed by atoms with Crippen molar-refractivity contribution in [3.05, 3.63) is 23.3 Å². The molecule has 0 unspecified atom stereocenters. The number of Topliss-reactive ketones (excluding diaryl/α,β-unsaturated/α-hetero) is 1. The lowest BCUT2D eigenvalue weighted by atomic mass is 9.50. The molecule has 0 amide bonds. The summed E-state index contributed by atoms with van der Waals surface area (Å²) >= 11 is 0. The largest absolute Gasteiger partial charge is 0.381 e. The number of rotatable bonds is 5. The second kappa shape index (κ2) is 6.91. The molecule has 5 atom stereocenters. The molecule has 4 nitrogen and oxygen atoms in total. The number of ether oxygens (including phenoxy) is 1. The third kappa shape index (κ3) is 2.71. The van der Waals surface area contributed by atoms with Crippen molar-refractivity contribution in [3.8, 4) is 0 Å². The highest BCUT2D eigenvalue weighted by atomic mass is 16.5. The number of carbonyl (C=O) groups excluding carboxylic acids is 2. The second-order valence-electron chi connectivity index (χ2n) is 9.88. The van der Waals surface area contributed by atoms with E-state index in [1.165, 1.54) is 11.1 Å². The Morgan fingerprint density at radius 1 is 1.25 bits per heavy atom. The summed E-state index contributed by atoms with van der Waals surface area (Å²) in [6.07, 6.45) is 10.8. The van der Waals surface area contributed by atoms with E-state index in [9.17, 15) is 14.7 Å². The summed E-state index contributed by atoms with van der Waals surface area (Å²) in [5.74, 6) is 0.852. The third-order valence-corrected chi connectivity index (χ3v) is 8.53. The lowest BCUT2D eigenvalue weighted by molar-refractivity contribution is -0.157. The molecule has 0 aromatic rings. The fourth-order valence-electron chi connectivity index (χ4n) is 6.76. The smallest absolute Gasteiger partial charge is 0.190 e. The lowest BCUT2D eigenvalue weighted by Crippen LogP contribution is -2.55. The van der Waals surface area contributed by atoms with Gasteiger partial charge in [0, 0.05) is 23.9 Å². The first-order valence-electron chi connectivity index (χ1n) is 11.0. The van der Waals surface area contributed by atoms with Crippen LogP contribution >= 0.6 is 0 Å². The molecule has 0 aromatic heterocycles. The molecule has 0 spiro atoms. The number of allylic oxidation sites excluding steroid dienone is 4. The highest BCUT2D eigenvalue weighted by Gasteiger charge is 2.64. The van der Waals surface area contributed by atoms with Gasteiger partial charge in [0.2, 0.25) is 0 Å². The van der Waals surface area contributed by atoms with Gasteiger partial charge in [0.05, 0.1) is 0 Å². The summed E-state index contributed by atoms with van der Waals surface area (Å²) in [4.78, 5) is 24.9. The molecule has 1 N–H and O–H groups in total. The molecular weight excluding hydrogens is 352 g/mol. The molecule has 4 aliphatic carbocycles. The maximum Gasteiger partial charge on any atom is 0.190 e. The number of hydrogen-bond acceptors (Lipinski definition) is 4. The zero-order chi connectivity index (χ0) is 20.2. The zero-order valence-corrected chi connectivity index (χ0v) is 17.6. The number of hydrogen-bond donors (Lipinski definition) is 1. The molecule has 0 aliphatic heterocycles. The fourth-order valence-corrected chi connectivity index (χ4v) is 6.76. The first-order valence-corrected chi connectivity index (χ1v) is 11.0. The molecule has 0 aromatic carbocycles. The molecule has 4 aliphatic rings. The summed E-state index contributed by atoms with van der Waals surface area (Å²) in [5, 5.41) is 11.5. The van der Waals surface area contributed by atoms with Gasteiger partial charge in [-0.3, -0.25) is 9.59 Å². The zero-order valence-electron chi connectivity index (χ0n) is 17.6. The van der Waals surface area contributed by atoms with E-state index in [0.29, 0.717) is 31.3 Å². The minimum absolute atomic E-state index is 0.00684. The van der Waals surface area contributed by atoms with Crippen molar-refractivity contribution in [3.63, 3.8) is 0 Å². The molecule has 28 heavy (non-hydrogen) atoms. The molecule has 154 valence electrons. The molecule has 4 heteroatoms. The normalized spacial score (nSPS) is 42.2. The van der Waals surface area contributed by atoms with Crippen LogP contribution in [0, 0.1) is 22.7 Å². The summed E-state index contributed by atoms with van der Waals surface area (Å²) in [5.41, 5.74) is 1.06. The van der Waals surface area contributed by atoms with E-state index in [-0.39, 0.29) is 23.6 Å². The Morgan fingerprint density at radius 3 is 2.79 bits per heavy atom. The van der Waals surface area contributed by atoms with Crippen molar-refractivity contribution < 1.29 is 19.4 Å². The number of carbonyl (C=O) groups is 2. The predicted molar refractivity (Wildman–Crippen MR) is 108 cm³/mol. The molecular formula is C24H34O4. The number of ketones is 2. The van der Waals surface area contributed by atoms with Crippen LogP contribution in [0.4, 0.5) is 0 Å². The number of fused-ring (bicyclic) bond motifs is 5. The molecule has 2 saturated carbocycles. The van der Waals surface area contributed by atoms with Crippen molar-refractivity contribution in [1.82, 2.24) is 0 Å². The van der Waals surface area contributed by atoms with E-state index < -0.39 is 11.0 Å². The monoisotopic (exact) mass is 386 g/mol.